The fourth-order valence-electron chi connectivity index (χ4n) is 2.01. The second-order valence-electron chi connectivity index (χ2n) is 5.00. The van der Waals surface area contributed by atoms with Crippen LogP contribution in [0.4, 0.5) is 11.4 Å². The van der Waals surface area contributed by atoms with E-state index in [4.69, 9.17) is 9.47 Å². The summed E-state index contributed by atoms with van der Waals surface area (Å²) >= 11 is 0. The summed E-state index contributed by atoms with van der Waals surface area (Å²) in [5, 5.41) is 25.5. The Balaban J connectivity index is 1.95. The molecule has 0 saturated heterocycles. The van der Waals surface area contributed by atoms with E-state index in [1.807, 2.05) is 0 Å². The number of carbonyl (C=O) groups is 1. The Morgan fingerprint density at radius 1 is 1.11 bits per heavy atom. The number of nitro groups is 2. The number of hydrogen-bond donors (Lipinski definition) is 1. The van der Waals surface area contributed by atoms with E-state index in [0.29, 0.717) is 5.56 Å². The number of nitrogens with zero attached hydrogens (tertiary/aromatic N) is 3. The molecule has 2 aromatic rings. The Hall–Kier alpha value is -4.02. The number of benzene rings is 2. The van der Waals surface area contributed by atoms with Gasteiger partial charge in [0.15, 0.2) is 18.1 Å². The molecule has 27 heavy (non-hydrogen) atoms. The molecule has 0 radical (unpaired) electrons. The topological polar surface area (TPSA) is 146 Å². The Bertz CT molecular complexity index is 898. The molecule has 0 spiro atoms. The van der Waals surface area contributed by atoms with E-state index in [2.05, 4.69) is 10.5 Å². The van der Waals surface area contributed by atoms with Crippen molar-refractivity contribution in [1.29, 1.82) is 0 Å². The average Bonchev–Trinajstić information content (AvgIpc) is 2.66. The van der Waals surface area contributed by atoms with Crippen molar-refractivity contribution in [2.24, 2.45) is 5.10 Å². The molecule has 11 heteroatoms. The summed E-state index contributed by atoms with van der Waals surface area (Å²) in [6, 6.07) is 9.79. The number of carbonyl (C=O) groups excluding carboxylic acids is 1. The second-order valence-corrected chi connectivity index (χ2v) is 5.00. The maximum atomic E-state index is 11.7. The first-order chi connectivity index (χ1) is 12.9. The Morgan fingerprint density at radius 2 is 1.81 bits per heavy atom. The summed E-state index contributed by atoms with van der Waals surface area (Å²) in [7, 11) is 1.31. The van der Waals surface area contributed by atoms with Crippen molar-refractivity contribution < 1.29 is 24.1 Å². The first-order valence-corrected chi connectivity index (χ1v) is 7.43. The van der Waals surface area contributed by atoms with Crippen LogP contribution in [0.3, 0.4) is 0 Å². The molecule has 0 bridgehead atoms. The molecule has 2 rings (SSSR count). The first kappa shape index (κ1) is 19.3. The van der Waals surface area contributed by atoms with Gasteiger partial charge in [-0.2, -0.15) is 5.10 Å². The molecule has 0 aliphatic heterocycles. The van der Waals surface area contributed by atoms with Crippen molar-refractivity contribution in [3.63, 3.8) is 0 Å². The minimum Gasteiger partial charge on any atom is -0.490 e. The van der Waals surface area contributed by atoms with Gasteiger partial charge in [0.05, 0.1) is 23.2 Å². The van der Waals surface area contributed by atoms with Crippen LogP contribution < -0.4 is 14.9 Å². The molecule has 11 nitrogen and oxygen atoms in total. The van der Waals surface area contributed by atoms with Gasteiger partial charge in [-0.15, -0.1) is 0 Å². The lowest BCUT2D eigenvalue weighted by Crippen LogP contribution is -2.24. The number of rotatable bonds is 8. The third kappa shape index (κ3) is 5.22. The van der Waals surface area contributed by atoms with Gasteiger partial charge < -0.3 is 9.47 Å². The van der Waals surface area contributed by atoms with Crippen molar-refractivity contribution in [3.8, 4) is 11.5 Å². The number of nitro benzene ring substituents is 2. The van der Waals surface area contributed by atoms with Gasteiger partial charge in [0, 0.05) is 17.7 Å². The van der Waals surface area contributed by atoms with Gasteiger partial charge in [-0.25, -0.2) is 5.43 Å². The largest absolute Gasteiger partial charge is 0.490 e. The normalized spacial score (nSPS) is 10.4. The van der Waals surface area contributed by atoms with E-state index in [0.717, 1.165) is 0 Å². The zero-order chi connectivity index (χ0) is 19.8. The van der Waals surface area contributed by atoms with Crippen LogP contribution in [0.2, 0.25) is 0 Å². The Kier molecular flexibility index (Phi) is 6.36. The monoisotopic (exact) mass is 374 g/mol. The number of hydrazone groups is 1. The molecule has 2 aromatic carbocycles. The predicted molar refractivity (Wildman–Crippen MR) is 94.0 cm³/mol. The number of methoxy groups -OCH3 is 1. The van der Waals surface area contributed by atoms with Crippen molar-refractivity contribution >= 4 is 23.5 Å². The van der Waals surface area contributed by atoms with E-state index in [1.165, 1.54) is 55.8 Å². The fraction of sp³-hybridized carbons (Fsp3) is 0.125. The zero-order valence-electron chi connectivity index (χ0n) is 14.0. The summed E-state index contributed by atoms with van der Waals surface area (Å²) in [5.41, 5.74) is 2.02. The van der Waals surface area contributed by atoms with Crippen LogP contribution >= 0.6 is 0 Å². The minimum absolute atomic E-state index is 0.0487. The highest BCUT2D eigenvalue weighted by atomic mass is 16.6. The highest BCUT2D eigenvalue weighted by molar-refractivity contribution is 5.84. The first-order valence-electron chi connectivity index (χ1n) is 7.43. The zero-order valence-corrected chi connectivity index (χ0v) is 14.0. The van der Waals surface area contributed by atoms with Gasteiger partial charge in [0.2, 0.25) is 0 Å². The van der Waals surface area contributed by atoms with Crippen LogP contribution in [-0.2, 0) is 4.79 Å². The maximum Gasteiger partial charge on any atom is 0.311 e. The van der Waals surface area contributed by atoms with Crippen molar-refractivity contribution in [3.05, 3.63) is 68.3 Å². The van der Waals surface area contributed by atoms with Crippen LogP contribution in [0.25, 0.3) is 0 Å². The third-order valence-electron chi connectivity index (χ3n) is 3.22. The van der Waals surface area contributed by atoms with Gasteiger partial charge in [-0.3, -0.25) is 25.0 Å². The average molecular weight is 374 g/mol. The Labute approximate surface area is 152 Å². The molecule has 0 fully saturated rings. The molecule has 0 atom stereocenters. The SMILES string of the molecule is COc1ccc(/C=N\NC(=O)COc2ccccc2[N+](=O)[O-])cc1[N+](=O)[O-]. The van der Waals surface area contributed by atoms with Gasteiger partial charge in [-0.1, -0.05) is 12.1 Å². The van der Waals surface area contributed by atoms with Gasteiger partial charge in [0.1, 0.15) is 0 Å². The maximum absolute atomic E-state index is 11.7. The molecular weight excluding hydrogens is 360 g/mol. The van der Waals surface area contributed by atoms with Gasteiger partial charge in [-0.05, 0) is 18.2 Å². The summed E-state index contributed by atoms with van der Waals surface area (Å²) in [5.74, 6) is -0.612. The predicted octanol–water partition coefficient (Wildman–Crippen LogP) is 2.04. The lowest BCUT2D eigenvalue weighted by atomic mass is 10.2. The summed E-state index contributed by atoms with van der Waals surface area (Å²) in [4.78, 5) is 32.3. The molecule has 0 aromatic heterocycles. The number of hydrogen-bond acceptors (Lipinski definition) is 8. The van der Waals surface area contributed by atoms with Crippen LogP contribution in [0.15, 0.2) is 47.6 Å². The molecule has 0 aliphatic rings. The van der Waals surface area contributed by atoms with Gasteiger partial charge >= 0.3 is 11.4 Å². The van der Waals surface area contributed by atoms with Crippen molar-refractivity contribution in [1.82, 2.24) is 5.43 Å². The second kappa shape index (κ2) is 8.89. The van der Waals surface area contributed by atoms with Crippen molar-refractivity contribution in [2.45, 2.75) is 0 Å². The van der Waals surface area contributed by atoms with E-state index in [1.54, 1.807) is 0 Å². The number of nitrogens with one attached hydrogen (secondary N) is 1. The highest BCUT2D eigenvalue weighted by Crippen LogP contribution is 2.27. The third-order valence-corrected chi connectivity index (χ3v) is 3.22. The van der Waals surface area contributed by atoms with Crippen LogP contribution in [0.1, 0.15) is 5.56 Å². The van der Waals surface area contributed by atoms with E-state index in [-0.39, 0.29) is 22.9 Å². The van der Waals surface area contributed by atoms with Gasteiger partial charge in [0.25, 0.3) is 5.91 Å². The minimum atomic E-state index is -0.660. The molecule has 1 N–H and O–H groups in total. The highest BCUT2D eigenvalue weighted by Gasteiger charge is 2.15. The number of amides is 1. The van der Waals surface area contributed by atoms with Crippen LogP contribution in [0.5, 0.6) is 11.5 Å². The molecule has 0 heterocycles. The standard InChI is InChI=1S/C16H14N4O7/c1-26-14-7-6-11(8-13(14)20(24)25)9-17-18-16(21)10-27-15-5-3-2-4-12(15)19(22)23/h2-9H,10H2,1H3,(H,18,21)/b17-9-. The number of ether oxygens (including phenoxy) is 2. The fourth-order valence-corrected chi connectivity index (χ4v) is 2.01. The lowest BCUT2D eigenvalue weighted by molar-refractivity contribution is -0.385. The molecule has 0 saturated carbocycles. The lowest BCUT2D eigenvalue weighted by Gasteiger charge is -2.05. The summed E-state index contributed by atoms with van der Waals surface area (Å²) in [6.07, 6.45) is 1.20. The van der Waals surface area contributed by atoms with E-state index in [9.17, 15) is 25.0 Å². The smallest absolute Gasteiger partial charge is 0.311 e. The van der Waals surface area contributed by atoms with Crippen LogP contribution in [-0.4, -0.2) is 35.7 Å². The molecule has 0 aliphatic carbocycles. The van der Waals surface area contributed by atoms with Crippen molar-refractivity contribution in [2.75, 3.05) is 13.7 Å². The molecular formula is C16H14N4O7. The van der Waals surface area contributed by atoms with E-state index >= 15 is 0 Å². The van der Waals surface area contributed by atoms with Crippen LogP contribution in [0, 0.1) is 20.2 Å². The molecule has 0 unspecified atom stereocenters. The van der Waals surface area contributed by atoms with E-state index < -0.39 is 22.4 Å². The summed E-state index contributed by atoms with van der Waals surface area (Å²) < 4.78 is 9.99. The molecule has 1 amide bonds. The number of para-hydroxylation sites is 2. The molecule has 140 valence electrons. The quantitative estimate of drug-likeness (QED) is 0.422. The Morgan fingerprint density at radius 3 is 2.48 bits per heavy atom. The summed E-state index contributed by atoms with van der Waals surface area (Å²) in [6.45, 7) is -0.495.